The van der Waals surface area contributed by atoms with Crippen LogP contribution >= 0.6 is 28.1 Å². The summed E-state index contributed by atoms with van der Waals surface area (Å²) in [5.74, 6) is 0.0582. The number of halogens is 1. The Morgan fingerprint density at radius 2 is 1.82 bits per heavy atom. The van der Waals surface area contributed by atoms with Crippen LogP contribution < -0.4 is 5.32 Å². The molecule has 0 radical (unpaired) electrons. The highest BCUT2D eigenvalue weighted by molar-refractivity contribution is 9.10. The highest BCUT2D eigenvalue weighted by Crippen LogP contribution is 2.40. The van der Waals surface area contributed by atoms with E-state index in [0.717, 1.165) is 33.0 Å². The molecule has 2 N–H and O–H groups in total. The second-order valence-electron chi connectivity index (χ2n) is 8.03. The molecule has 168 valence electrons. The number of aryl methyl sites for hydroxylation is 3. The quantitative estimate of drug-likeness (QED) is 0.208. The van der Waals surface area contributed by atoms with E-state index in [4.69, 9.17) is 12.2 Å². The topological polar surface area (TPSA) is 61.9 Å². The van der Waals surface area contributed by atoms with Gasteiger partial charge in [0.05, 0.1) is 12.1 Å². The zero-order chi connectivity index (χ0) is 23.5. The van der Waals surface area contributed by atoms with Crippen LogP contribution in [0.1, 0.15) is 29.2 Å². The second-order valence-corrected chi connectivity index (χ2v) is 9.33. The number of azo groups is 1. The van der Waals surface area contributed by atoms with E-state index in [1.165, 1.54) is 16.7 Å². The molecule has 1 heterocycles. The largest absolute Gasteiger partial charge is 0.493 e. The first kappa shape index (κ1) is 23.1. The number of anilines is 1. The van der Waals surface area contributed by atoms with Crippen molar-refractivity contribution in [2.24, 2.45) is 10.2 Å². The fourth-order valence-electron chi connectivity index (χ4n) is 3.76. The lowest BCUT2D eigenvalue weighted by Crippen LogP contribution is -2.04. The molecular formula is C26H25BrN4OS. The molecule has 3 aromatic carbocycles. The smallest absolute Gasteiger partial charge is 0.221 e. The molecule has 7 heteroatoms. The van der Waals surface area contributed by atoms with Crippen molar-refractivity contribution in [2.45, 2.75) is 33.7 Å². The van der Waals surface area contributed by atoms with E-state index in [0.29, 0.717) is 12.2 Å². The van der Waals surface area contributed by atoms with Crippen molar-refractivity contribution in [3.63, 3.8) is 0 Å². The monoisotopic (exact) mass is 520 g/mol. The Hall–Kier alpha value is -3.03. The molecule has 0 saturated heterocycles. The first-order chi connectivity index (χ1) is 15.9. The average molecular weight is 521 g/mol. The fourth-order valence-corrected chi connectivity index (χ4v) is 4.28. The SMILES string of the molecule is CCc1ccc(NC(=S)N=Nc2c(O)n(Cc3cc(C)ccc3C)c3ccc(Br)cc23)cc1. The lowest BCUT2D eigenvalue weighted by Gasteiger charge is -2.11. The molecule has 0 unspecified atom stereocenters. The molecule has 0 aliphatic carbocycles. The van der Waals surface area contributed by atoms with Crippen molar-refractivity contribution in [1.29, 1.82) is 0 Å². The number of rotatable bonds is 5. The van der Waals surface area contributed by atoms with E-state index < -0.39 is 0 Å². The Morgan fingerprint density at radius 1 is 1.06 bits per heavy atom. The summed E-state index contributed by atoms with van der Waals surface area (Å²) in [5, 5.41) is 23.7. The molecular weight excluding hydrogens is 496 g/mol. The summed E-state index contributed by atoms with van der Waals surface area (Å²) in [7, 11) is 0. The van der Waals surface area contributed by atoms with Gasteiger partial charge in [0.2, 0.25) is 11.0 Å². The van der Waals surface area contributed by atoms with E-state index in [2.05, 4.69) is 70.4 Å². The summed E-state index contributed by atoms with van der Waals surface area (Å²) < 4.78 is 2.75. The Balaban J connectivity index is 1.66. The number of fused-ring (bicyclic) bond motifs is 1. The Morgan fingerprint density at radius 3 is 2.55 bits per heavy atom. The third-order valence-electron chi connectivity index (χ3n) is 5.66. The van der Waals surface area contributed by atoms with Gasteiger partial charge in [-0.05, 0) is 79.5 Å². The average Bonchev–Trinajstić information content (AvgIpc) is 3.05. The second kappa shape index (κ2) is 9.85. The van der Waals surface area contributed by atoms with E-state index in [9.17, 15) is 5.11 Å². The van der Waals surface area contributed by atoms with Crippen molar-refractivity contribution in [3.05, 3.63) is 87.4 Å². The van der Waals surface area contributed by atoms with Gasteiger partial charge in [-0.15, -0.1) is 10.2 Å². The van der Waals surface area contributed by atoms with Crippen molar-refractivity contribution >= 4 is 55.5 Å². The standard InChI is InChI=1S/C26H25BrN4OS/c1-4-18-7-10-21(11-8-18)28-26(33)30-29-24-22-14-20(27)9-12-23(22)31(25(24)32)15-19-13-16(2)5-6-17(19)3/h5-14,32H,4,15H2,1-3H3,(H,28,33). The fraction of sp³-hybridized carbons (Fsp3) is 0.192. The maximum atomic E-state index is 11.1. The predicted molar refractivity (Wildman–Crippen MR) is 143 cm³/mol. The van der Waals surface area contributed by atoms with Crippen molar-refractivity contribution < 1.29 is 5.11 Å². The number of benzene rings is 3. The number of hydrogen-bond donors (Lipinski definition) is 2. The summed E-state index contributed by atoms with van der Waals surface area (Å²) in [5.41, 5.74) is 6.85. The van der Waals surface area contributed by atoms with Crippen LogP contribution in [0.15, 0.2) is 75.4 Å². The molecule has 0 fully saturated rings. The van der Waals surface area contributed by atoms with E-state index >= 15 is 0 Å². The molecule has 0 amide bonds. The molecule has 1 aromatic heterocycles. The van der Waals surface area contributed by atoms with Crippen LogP contribution in [0.25, 0.3) is 10.9 Å². The summed E-state index contributed by atoms with van der Waals surface area (Å²) in [6.07, 6.45) is 0.978. The Labute approximate surface area is 207 Å². The molecule has 4 rings (SSSR count). The number of nitrogens with zero attached hydrogens (tertiary/aromatic N) is 3. The number of thiocarbonyl (C=S) groups is 1. The number of nitrogens with one attached hydrogen (secondary N) is 1. The normalized spacial score (nSPS) is 11.4. The highest BCUT2D eigenvalue weighted by atomic mass is 79.9. The summed E-state index contributed by atoms with van der Waals surface area (Å²) in [6.45, 7) is 6.78. The van der Waals surface area contributed by atoms with E-state index in [1.54, 1.807) is 0 Å². The Bertz CT molecular complexity index is 1360. The van der Waals surface area contributed by atoms with E-state index in [-0.39, 0.29) is 11.0 Å². The molecule has 0 atom stereocenters. The third-order valence-corrected chi connectivity index (χ3v) is 6.34. The van der Waals surface area contributed by atoms with Crippen LogP contribution in [0.5, 0.6) is 5.88 Å². The molecule has 5 nitrogen and oxygen atoms in total. The van der Waals surface area contributed by atoms with Crippen LogP contribution in [0.4, 0.5) is 11.4 Å². The first-order valence-corrected chi connectivity index (χ1v) is 11.9. The number of aromatic nitrogens is 1. The van der Waals surface area contributed by atoms with Gasteiger partial charge in [0, 0.05) is 15.5 Å². The lowest BCUT2D eigenvalue weighted by atomic mass is 10.1. The number of aromatic hydroxyl groups is 1. The van der Waals surface area contributed by atoms with E-state index in [1.807, 2.05) is 47.0 Å². The molecule has 0 saturated carbocycles. The first-order valence-electron chi connectivity index (χ1n) is 10.7. The molecule has 0 aliphatic heterocycles. The van der Waals surface area contributed by atoms with Crippen LogP contribution in [-0.4, -0.2) is 14.8 Å². The van der Waals surface area contributed by atoms with Gasteiger partial charge in [-0.3, -0.25) is 0 Å². The molecule has 33 heavy (non-hydrogen) atoms. The lowest BCUT2D eigenvalue weighted by molar-refractivity contribution is 0.429. The molecule has 0 spiro atoms. The molecule has 0 bridgehead atoms. The minimum atomic E-state index is 0.0582. The summed E-state index contributed by atoms with van der Waals surface area (Å²) >= 11 is 8.89. The zero-order valence-electron chi connectivity index (χ0n) is 18.8. The van der Waals surface area contributed by atoms with Crippen LogP contribution in [0.2, 0.25) is 0 Å². The molecule has 0 aliphatic rings. The van der Waals surface area contributed by atoms with Crippen molar-refractivity contribution in [2.75, 3.05) is 5.32 Å². The van der Waals surface area contributed by atoms with Gasteiger partial charge in [0.25, 0.3) is 0 Å². The maximum Gasteiger partial charge on any atom is 0.221 e. The van der Waals surface area contributed by atoms with Gasteiger partial charge in [-0.1, -0.05) is 58.7 Å². The highest BCUT2D eigenvalue weighted by Gasteiger charge is 2.18. The Kier molecular flexibility index (Phi) is 6.91. The number of hydrogen-bond acceptors (Lipinski definition) is 3. The van der Waals surface area contributed by atoms with Gasteiger partial charge in [-0.2, -0.15) is 0 Å². The predicted octanol–water partition coefficient (Wildman–Crippen LogP) is 7.82. The van der Waals surface area contributed by atoms with Crippen molar-refractivity contribution in [1.82, 2.24) is 4.57 Å². The van der Waals surface area contributed by atoms with Crippen LogP contribution in [0.3, 0.4) is 0 Å². The third kappa shape index (κ3) is 5.15. The van der Waals surface area contributed by atoms with Crippen molar-refractivity contribution in [3.8, 4) is 5.88 Å². The minimum Gasteiger partial charge on any atom is -0.493 e. The van der Waals surface area contributed by atoms with Gasteiger partial charge < -0.3 is 15.0 Å². The van der Waals surface area contributed by atoms with Gasteiger partial charge in [0.15, 0.2) is 5.69 Å². The van der Waals surface area contributed by atoms with Crippen LogP contribution in [0, 0.1) is 13.8 Å². The summed E-state index contributed by atoms with van der Waals surface area (Å²) in [4.78, 5) is 0. The summed E-state index contributed by atoms with van der Waals surface area (Å²) in [6, 6.07) is 20.2. The molecule has 4 aromatic rings. The van der Waals surface area contributed by atoms with Crippen LogP contribution in [-0.2, 0) is 13.0 Å². The van der Waals surface area contributed by atoms with Gasteiger partial charge >= 0.3 is 0 Å². The minimum absolute atomic E-state index is 0.0582. The maximum absolute atomic E-state index is 11.1. The van der Waals surface area contributed by atoms with Gasteiger partial charge in [0.1, 0.15) is 0 Å². The zero-order valence-corrected chi connectivity index (χ0v) is 21.2. The van der Waals surface area contributed by atoms with Gasteiger partial charge in [-0.25, -0.2) is 0 Å².